The Bertz CT molecular complexity index is 1490. The molecule has 9 heteroatoms. The minimum Gasteiger partial charge on any atom is -0.494 e. The average molecular weight is 539 g/mol. The molecule has 2 aromatic carbocycles. The summed E-state index contributed by atoms with van der Waals surface area (Å²) in [6.07, 6.45) is 5.10. The first kappa shape index (κ1) is 26.8. The molecule has 0 saturated carbocycles. The SMILES string of the molecule is C=CC(=O)Nc1cc(Oc2nc(Nc3ccc(N4CCN(C)CC4)cc3OC)ccc2-n2cccc2)ccc1C. The van der Waals surface area contributed by atoms with Crippen molar-refractivity contribution in [3.05, 3.63) is 91.3 Å². The smallest absolute Gasteiger partial charge is 0.247 e. The van der Waals surface area contributed by atoms with E-state index in [1.807, 2.05) is 66.3 Å². The highest BCUT2D eigenvalue weighted by Crippen LogP contribution is 2.35. The number of anilines is 4. The second-order valence-corrected chi connectivity index (χ2v) is 9.68. The van der Waals surface area contributed by atoms with Crippen molar-refractivity contribution in [3.8, 4) is 23.1 Å². The van der Waals surface area contributed by atoms with Gasteiger partial charge in [-0.15, -0.1) is 0 Å². The number of nitrogens with zero attached hydrogens (tertiary/aromatic N) is 4. The van der Waals surface area contributed by atoms with Crippen molar-refractivity contribution < 1.29 is 14.3 Å². The van der Waals surface area contributed by atoms with E-state index < -0.39 is 0 Å². The van der Waals surface area contributed by atoms with Gasteiger partial charge in [-0.1, -0.05) is 12.6 Å². The predicted molar refractivity (Wildman–Crippen MR) is 160 cm³/mol. The number of likely N-dealkylation sites (N-methyl/N-ethyl adjacent to an activating group) is 1. The van der Waals surface area contributed by atoms with E-state index in [2.05, 4.69) is 46.2 Å². The number of hydrogen-bond acceptors (Lipinski definition) is 7. The number of benzene rings is 2. The van der Waals surface area contributed by atoms with Gasteiger partial charge in [-0.05, 0) is 68.1 Å². The van der Waals surface area contributed by atoms with Crippen LogP contribution in [0.25, 0.3) is 5.69 Å². The fraction of sp³-hybridized carbons (Fsp3) is 0.226. The number of aromatic nitrogens is 2. The van der Waals surface area contributed by atoms with Crippen LogP contribution >= 0.6 is 0 Å². The van der Waals surface area contributed by atoms with Crippen LogP contribution in [-0.2, 0) is 4.79 Å². The Morgan fingerprint density at radius 1 is 1.00 bits per heavy atom. The predicted octanol–water partition coefficient (Wildman–Crippen LogP) is 5.60. The fourth-order valence-electron chi connectivity index (χ4n) is 4.55. The topological polar surface area (TPSA) is 83.9 Å². The van der Waals surface area contributed by atoms with Gasteiger partial charge in [-0.2, -0.15) is 4.98 Å². The summed E-state index contributed by atoms with van der Waals surface area (Å²) in [7, 11) is 3.82. The summed E-state index contributed by atoms with van der Waals surface area (Å²) in [5, 5.41) is 6.21. The Labute approximate surface area is 234 Å². The van der Waals surface area contributed by atoms with Gasteiger partial charge in [-0.3, -0.25) is 4.79 Å². The molecule has 1 amide bonds. The van der Waals surface area contributed by atoms with Gasteiger partial charge in [0.1, 0.15) is 23.0 Å². The monoisotopic (exact) mass is 538 g/mol. The molecule has 0 spiro atoms. The molecule has 0 unspecified atom stereocenters. The molecule has 0 atom stereocenters. The maximum Gasteiger partial charge on any atom is 0.247 e. The summed E-state index contributed by atoms with van der Waals surface area (Å²) >= 11 is 0. The molecule has 1 fully saturated rings. The van der Waals surface area contributed by atoms with Crippen LogP contribution in [0.1, 0.15) is 5.56 Å². The number of amides is 1. The Morgan fingerprint density at radius 3 is 2.50 bits per heavy atom. The van der Waals surface area contributed by atoms with E-state index in [0.29, 0.717) is 23.1 Å². The van der Waals surface area contributed by atoms with Gasteiger partial charge in [0.2, 0.25) is 11.8 Å². The van der Waals surface area contributed by atoms with Gasteiger partial charge in [0.25, 0.3) is 0 Å². The molecule has 0 aliphatic carbocycles. The summed E-state index contributed by atoms with van der Waals surface area (Å²) in [6, 6.07) is 19.4. The fourth-order valence-corrected chi connectivity index (χ4v) is 4.55. The normalized spacial score (nSPS) is 13.5. The maximum absolute atomic E-state index is 11.9. The summed E-state index contributed by atoms with van der Waals surface area (Å²) in [4.78, 5) is 21.4. The van der Waals surface area contributed by atoms with Gasteiger partial charge in [0.15, 0.2) is 0 Å². The Balaban J connectivity index is 1.43. The Kier molecular flexibility index (Phi) is 8.02. The quantitative estimate of drug-likeness (QED) is 0.268. The van der Waals surface area contributed by atoms with E-state index in [1.54, 1.807) is 13.2 Å². The van der Waals surface area contributed by atoms with E-state index in [1.165, 1.54) is 6.08 Å². The highest BCUT2D eigenvalue weighted by molar-refractivity contribution is 5.99. The molecule has 206 valence electrons. The second-order valence-electron chi connectivity index (χ2n) is 9.68. The lowest BCUT2D eigenvalue weighted by Gasteiger charge is -2.34. The first-order valence-electron chi connectivity index (χ1n) is 13.2. The summed E-state index contributed by atoms with van der Waals surface area (Å²) in [5.41, 5.74) is 4.25. The van der Waals surface area contributed by atoms with Crippen molar-refractivity contribution in [2.45, 2.75) is 6.92 Å². The summed E-state index contributed by atoms with van der Waals surface area (Å²) in [5.74, 6) is 1.99. The lowest BCUT2D eigenvalue weighted by molar-refractivity contribution is -0.111. The number of piperazine rings is 1. The third-order valence-corrected chi connectivity index (χ3v) is 6.91. The number of pyridine rings is 1. The van der Waals surface area contributed by atoms with Crippen molar-refractivity contribution in [1.29, 1.82) is 0 Å². The number of rotatable bonds is 9. The zero-order valence-corrected chi connectivity index (χ0v) is 23.1. The molecular formula is C31H34N6O3. The number of hydrogen-bond donors (Lipinski definition) is 2. The molecule has 1 aliphatic rings. The molecule has 3 heterocycles. The maximum atomic E-state index is 11.9. The van der Waals surface area contributed by atoms with Crippen LogP contribution < -0.4 is 25.0 Å². The number of carbonyl (C=O) groups excluding carboxylic acids is 1. The lowest BCUT2D eigenvalue weighted by atomic mass is 10.2. The van der Waals surface area contributed by atoms with Gasteiger partial charge in [0, 0.05) is 62.1 Å². The molecule has 0 bridgehead atoms. The summed E-state index contributed by atoms with van der Waals surface area (Å²) in [6.45, 7) is 9.47. The lowest BCUT2D eigenvalue weighted by Crippen LogP contribution is -2.44. The standard InChI is InChI=1S/C31H34N6O3/c1-5-30(38)33-26-21-24(10-8-22(26)2)40-31-27(37-14-6-7-15-37)12-13-29(34-31)32-25-11-9-23(20-28(25)39-4)36-18-16-35(3)17-19-36/h5-15,20-21H,1,16-19H2,2-4H3,(H,32,34)(H,33,38). The first-order valence-corrected chi connectivity index (χ1v) is 13.2. The molecule has 1 aliphatic heterocycles. The minimum atomic E-state index is -0.287. The molecule has 4 aromatic rings. The largest absolute Gasteiger partial charge is 0.494 e. The van der Waals surface area contributed by atoms with Crippen molar-refractivity contribution in [2.75, 3.05) is 55.9 Å². The zero-order valence-electron chi connectivity index (χ0n) is 23.1. The molecule has 0 radical (unpaired) electrons. The van der Waals surface area contributed by atoms with Crippen molar-refractivity contribution in [2.24, 2.45) is 0 Å². The van der Waals surface area contributed by atoms with Crippen molar-refractivity contribution >= 4 is 28.8 Å². The molecular weight excluding hydrogens is 504 g/mol. The Hall–Kier alpha value is -4.76. The molecule has 40 heavy (non-hydrogen) atoms. The number of nitrogens with one attached hydrogen (secondary N) is 2. The average Bonchev–Trinajstić information content (AvgIpc) is 3.50. The van der Waals surface area contributed by atoms with Crippen LogP contribution in [-0.4, -0.2) is 60.7 Å². The third-order valence-electron chi connectivity index (χ3n) is 6.91. The van der Waals surface area contributed by atoms with Gasteiger partial charge in [-0.25, -0.2) is 0 Å². The Morgan fingerprint density at radius 2 is 1.77 bits per heavy atom. The van der Waals surface area contributed by atoms with Crippen LogP contribution in [0.5, 0.6) is 17.4 Å². The molecule has 1 saturated heterocycles. The second kappa shape index (κ2) is 12.0. The van der Waals surface area contributed by atoms with Crippen molar-refractivity contribution in [1.82, 2.24) is 14.5 Å². The van der Waals surface area contributed by atoms with Crippen LogP contribution in [0.15, 0.2) is 85.7 Å². The molecule has 2 aromatic heterocycles. The van der Waals surface area contributed by atoms with Crippen LogP contribution in [0, 0.1) is 6.92 Å². The van der Waals surface area contributed by atoms with E-state index >= 15 is 0 Å². The molecule has 9 nitrogen and oxygen atoms in total. The van der Waals surface area contributed by atoms with E-state index in [9.17, 15) is 4.79 Å². The van der Waals surface area contributed by atoms with Crippen molar-refractivity contribution in [3.63, 3.8) is 0 Å². The van der Waals surface area contributed by atoms with E-state index in [-0.39, 0.29) is 5.91 Å². The number of aryl methyl sites for hydroxylation is 1. The van der Waals surface area contributed by atoms with Crippen LogP contribution in [0.2, 0.25) is 0 Å². The van der Waals surface area contributed by atoms with Gasteiger partial charge in [0.05, 0.1) is 12.8 Å². The van der Waals surface area contributed by atoms with E-state index in [0.717, 1.165) is 54.6 Å². The first-order chi connectivity index (χ1) is 19.4. The number of methoxy groups -OCH3 is 1. The zero-order chi connectivity index (χ0) is 28.1. The van der Waals surface area contributed by atoms with E-state index in [4.69, 9.17) is 14.5 Å². The summed E-state index contributed by atoms with van der Waals surface area (Å²) < 4.78 is 14.0. The van der Waals surface area contributed by atoms with Crippen LogP contribution in [0.4, 0.5) is 22.9 Å². The molecule has 5 rings (SSSR count). The number of ether oxygens (including phenoxy) is 2. The number of carbonyl (C=O) groups is 1. The molecule has 2 N–H and O–H groups in total. The highest BCUT2D eigenvalue weighted by atomic mass is 16.5. The van der Waals surface area contributed by atoms with Gasteiger partial charge < -0.3 is 34.5 Å². The van der Waals surface area contributed by atoms with Gasteiger partial charge >= 0.3 is 0 Å². The minimum absolute atomic E-state index is 0.287. The third kappa shape index (κ3) is 6.10. The highest BCUT2D eigenvalue weighted by Gasteiger charge is 2.17. The van der Waals surface area contributed by atoms with Crippen LogP contribution in [0.3, 0.4) is 0 Å².